The molecule has 3 heterocycles. The van der Waals surface area contributed by atoms with Gasteiger partial charge in [-0.2, -0.15) is 0 Å². The molecule has 0 spiro atoms. The number of thiazole rings is 1. The molecule has 4 nitrogen and oxygen atoms in total. The van der Waals surface area contributed by atoms with E-state index in [1.54, 1.807) is 23.5 Å². The summed E-state index contributed by atoms with van der Waals surface area (Å²) >= 11 is 1.65. The fourth-order valence-electron chi connectivity index (χ4n) is 3.44. The third-order valence-electron chi connectivity index (χ3n) is 4.82. The van der Waals surface area contributed by atoms with Gasteiger partial charge in [0, 0.05) is 24.3 Å². The Bertz CT molecular complexity index is 777. The lowest BCUT2D eigenvalue weighted by Gasteiger charge is -2.34. The third kappa shape index (κ3) is 3.22. The average Bonchev–Trinajstić information content (AvgIpc) is 3.17. The van der Waals surface area contributed by atoms with Gasteiger partial charge in [-0.1, -0.05) is 12.1 Å². The Morgan fingerprint density at radius 3 is 2.71 bits per heavy atom. The van der Waals surface area contributed by atoms with Gasteiger partial charge in [-0.05, 0) is 49.5 Å². The van der Waals surface area contributed by atoms with Gasteiger partial charge in [0.25, 0.3) is 0 Å². The van der Waals surface area contributed by atoms with Gasteiger partial charge < -0.3 is 5.11 Å². The lowest BCUT2D eigenvalue weighted by atomic mass is 9.87. The number of hydrogen-bond acceptors (Lipinski definition) is 4. The zero-order valence-electron chi connectivity index (χ0n) is 13.3. The van der Waals surface area contributed by atoms with E-state index in [4.69, 9.17) is 0 Å². The van der Waals surface area contributed by atoms with Gasteiger partial charge in [-0.25, -0.2) is 9.37 Å². The number of hydrogen-bond donors (Lipinski definition) is 1. The molecule has 0 radical (unpaired) electrons. The van der Waals surface area contributed by atoms with Crippen molar-refractivity contribution >= 4 is 16.3 Å². The summed E-state index contributed by atoms with van der Waals surface area (Å²) in [7, 11) is 0. The van der Waals surface area contributed by atoms with E-state index >= 15 is 0 Å². The van der Waals surface area contributed by atoms with Crippen LogP contribution in [-0.4, -0.2) is 32.5 Å². The number of piperidine rings is 1. The second kappa shape index (κ2) is 6.63. The van der Waals surface area contributed by atoms with E-state index in [-0.39, 0.29) is 11.7 Å². The Kier molecular flexibility index (Phi) is 4.35. The molecule has 2 aromatic heterocycles. The minimum atomic E-state index is -0.509. The van der Waals surface area contributed by atoms with Gasteiger partial charge in [-0.15, -0.1) is 11.3 Å². The van der Waals surface area contributed by atoms with Gasteiger partial charge in [0.1, 0.15) is 5.82 Å². The molecular weight excluding hydrogens is 325 g/mol. The van der Waals surface area contributed by atoms with Crippen LogP contribution < -0.4 is 0 Å². The van der Waals surface area contributed by atoms with E-state index < -0.39 is 6.10 Å². The molecule has 126 valence electrons. The first-order chi connectivity index (χ1) is 11.7. The molecule has 0 bridgehead atoms. The van der Waals surface area contributed by atoms with Crippen LogP contribution in [0.5, 0.6) is 0 Å². The van der Waals surface area contributed by atoms with E-state index in [0.29, 0.717) is 0 Å². The molecule has 1 atom stereocenters. The first-order valence-corrected chi connectivity index (χ1v) is 9.14. The van der Waals surface area contributed by atoms with Gasteiger partial charge in [0.15, 0.2) is 4.96 Å². The Morgan fingerprint density at radius 1 is 1.25 bits per heavy atom. The van der Waals surface area contributed by atoms with E-state index in [1.165, 1.54) is 12.1 Å². The Morgan fingerprint density at radius 2 is 2.00 bits per heavy atom. The molecule has 1 N–H and O–H groups in total. The van der Waals surface area contributed by atoms with Crippen molar-refractivity contribution < 1.29 is 9.50 Å². The number of aromatic nitrogens is 2. The number of fused-ring (bicyclic) bond motifs is 1. The summed E-state index contributed by atoms with van der Waals surface area (Å²) in [6.07, 6.45) is 5.50. The molecule has 0 amide bonds. The number of halogens is 1. The van der Waals surface area contributed by atoms with Crippen LogP contribution >= 0.6 is 11.3 Å². The molecule has 1 aliphatic rings. The quantitative estimate of drug-likeness (QED) is 0.787. The molecule has 0 saturated carbocycles. The number of nitrogens with zero attached hydrogens (tertiary/aromatic N) is 3. The molecule has 4 rings (SSSR count). The lowest BCUT2D eigenvalue weighted by molar-refractivity contribution is 0.0564. The topological polar surface area (TPSA) is 40.8 Å². The van der Waals surface area contributed by atoms with Gasteiger partial charge >= 0.3 is 0 Å². The van der Waals surface area contributed by atoms with E-state index in [1.807, 2.05) is 11.6 Å². The maximum atomic E-state index is 13.0. The Labute approximate surface area is 144 Å². The smallest absolute Gasteiger partial charge is 0.193 e. The highest BCUT2D eigenvalue weighted by molar-refractivity contribution is 7.15. The molecule has 24 heavy (non-hydrogen) atoms. The Hall–Kier alpha value is -1.76. The van der Waals surface area contributed by atoms with Gasteiger partial charge in [-0.3, -0.25) is 9.30 Å². The van der Waals surface area contributed by atoms with Crippen LogP contribution in [0.15, 0.2) is 42.0 Å². The highest BCUT2D eigenvalue weighted by atomic mass is 32.1. The van der Waals surface area contributed by atoms with Crippen LogP contribution in [0, 0.1) is 11.7 Å². The molecule has 3 aromatic rings. The molecule has 1 saturated heterocycles. The summed E-state index contributed by atoms with van der Waals surface area (Å²) in [4.78, 5) is 8.05. The van der Waals surface area contributed by atoms with Crippen molar-refractivity contribution in [3.05, 3.63) is 59.1 Å². The van der Waals surface area contributed by atoms with Crippen LogP contribution in [0.25, 0.3) is 4.96 Å². The average molecular weight is 345 g/mol. The molecule has 1 aromatic carbocycles. The molecule has 1 fully saturated rings. The van der Waals surface area contributed by atoms with Crippen molar-refractivity contribution in [2.45, 2.75) is 25.5 Å². The van der Waals surface area contributed by atoms with E-state index in [0.717, 1.165) is 48.7 Å². The monoisotopic (exact) mass is 345 g/mol. The minimum Gasteiger partial charge on any atom is -0.388 e. The van der Waals surface area contributed by atoms with Crippen LogP contribution in [-0.2, 0) is 6.54 Å². The molecule has 1 unspecified atom stereocenters. The summed E-state index contributed by atoms with van der Waals surface area (Å²) in [5, 5.41) is 12.6. The van der Waals surface area contributed by atoms with E-state index in [2.05, 4.69) is 20.5 Å². The van der Waals surface area contributed by atoms with Crippen molar-refractivity contribution in [3.63, 3.8) is 0 Å². The first kappa shape index (κ1) is 15.7. The number of aliphatic hydroxyl groups is 1. The Balaban J connectivity index is 1.34. The zero-order valence-corrected chi connectivity index (χ0v) is 14.1. The molecule has 1 aliphatic heterocycles. The number of likely N-dealkylation sites (tertiary alicyclic amines) is 1. The molecular formula is C18H20FN3OS. The second-order valence-corrected chi connectivity index (χ2v) is 7.31. The predicted molar refractivity (Wildman–Crippen MR) is 92.4 cm³/mol. The number of rotatable bonds is 4. The highest BCUT2D eigenvalue weighted by Crippen LogP contribution is 2.31. The lowest BCUT2D eigenvalue weighted by Crippen LogP contribution is -2.35. The number of imidazole rings is 1. The number of benzene rings is 1. The first-order valence-electron chi connectivity index (χ1n) is 8.26. The maximum Gasteiger partial charge on any atom is 0.193 e. The third-order valence-corrected chi connectivity index (χ3v) is 5.59. The summed E-state index contributed by atoms with van der Waals surface area (Å²) in [5.41, 5.74) is 1.91. The maximum absolute atomic E-state index is 13.0. The molecule has 6 heteroatoms. The molecule has 0 aliphatic carbocycles. The normalized spacial score (nSPS) is 18.2. The van der Waals surface area contributed by atoms with Crippen LogP contribution in [0.1, 0.15) is 30.2 Å². The van der Waals surface area contributed by atoms with Crippen molar-refractivity contribution in [2.75, 3.05) is 13.1 Å². The number of aliphatic hydroxyl groups excluding tert-OH is 1. The highest BCUT2D eigenvalue weighted by Gasteiger charge is 2.26. The summed E-state index contributed by atoms with van der Waals surface area (Å²) in [6.45, 7) is 2.76. The fourth-order valence-corrected chi connectivity index (χ4v) is 4.16. The summed E-state index contributed by atoms with van der Waals surface area (Å²) in [6, 6.07) is 6.20. The second-order valence-electron chi connectivity index (χ2n) is 6.44. The van der Waals surface area contributed by atoms with Crippen LogP contribution in [0.2, 0.25) is 0 Å². The van der Waals surface area contributed by atoms with Crippen molar-refractivity contribution in [3.8, 4) is 0 Å². The van der Waals surface area contributed by atoms with E-state index in [9.17, 15) is 9.50 Å². The minimum absolute atomic E-state index is 0.234. The van der Waals surface area contributed by atoms with Crippen molar-refractivity contribution in [1.29, 1.82) is 0 Å². The van der Waals surface area contributed by atoms with Crippen molar-refractivity contribution in [2.24, 2.45) is 5.92 Å². The fraction of sp³-hybridized carbons (Fsp3) is 0.389. The standard InChI is InChI=1S/C18H20FN3OS/c19-15-3-1-13(2-4-15)17(23)14-5-7-21(8-6-14)11-16-12-22-9-10-24-18(22)20-16/h1-4,9-10,12,14,17,23H,5-8,11H2. The van der Waals surface area contributed by atoms with Gasteiger partial charge in [0.05, 0.1) is 11.8 Å². The summed E-state index contributed by atoms with van der Waals surface area (Å²) in [5.74, 6) is -0.0297. The van der Waals surface area contributed by atoms with Gasteiger partial charge in [0.2, 0.25) is 0 Å². The zero-order chi connectivity index (χ0) is 16.5. The predicted octanol–water partition coefficient (Wildman–Crippen LogP) is 3.48. The van der Waals surface area contributed by atoms with Crippen molar-refractivity contribution in [1.82, 2.24) is 14.3 Å². The SMILES string of the molecule is OC(c1ccc(F)cc1)C1CCN(Cc2cn3ccsc3n2)CC1. The van der Waals surface area contributed by atoms with Crippen LogP contribution in [0.4, 0.5) is 4.39 Å². The summed E-state index contributed by atoms with van der Waals surface area (Å²) < 4.78 is 15.1. The van der Waals surface area contributed by atoms with Crippen LogP contribution in [0.3, 0.4) is 0 Å². The largest absolute Gasteiger partial charge is 0.388 e.